The number of piperidine rings is 1. The standard InChI is InChI=1S/C20H27N5O3/c1-3-24(4-2)20(27)15-13-22-23-19(15)16-9-6-8-12-25(16)18(26)14-28-17-10-5-7-11-21-17/h5,7,10-11,13,16H,3-4,6,8-9,12,14H2,1-2H3,(H,22,23)/t16-/m0/s1. The van der Waals surface area contributed by atoms with Crippen molar-refractivity contribution in [3.63, 3.8) is 0 Å². The molecule has 8 nitrogen and oxygen atoms in total. The molecule has 2 amide bonds. The number of nitrogens with one attached hydrogen (secondary N) is 1. The van der Waals surface area contributed by atoms with Gasteiger partial charge in [0.05, 0.1) is 23.5 Å². The van der Waals surface area contributed by atoms with E-state index in [0.717, 1.165) is 19.3 Å². The van der Waals surface area contributed by atoms with Crippen LogP contribution in [0.1, 0.15) is 55.2 Å². The van der Waals surface area contributed by atoms with Crippen LogP contribution in [0.25, 0.3) is 0 Å². The number of ether oxygens (including phenoxy) is 1. The summed E-state index contributed by atoms with van der Waals surface area (Å²) in [4.78, 5) is 33.3. The molecule has 0 spiro atoms. The SMILES string of the molecule is CCN(CC)C(=O)c1cn[nH]c1[C@@H]1CCCCN1C(=O)COc1ccccn1. The second-order valence-electron chi connectivity index (χ2n) is 6.73. The summed E-state index contributed by atoms with van der Waals surface area (Å²) in [7, 11) is 0. The van der Waals surface area contributed by atoms with Gasteiger partial charge in [0.2, 0.25) is 5.88 Å². The van der Waals surface area contributed by atoms with Crippen molar-refractivity contribution in [3.8, 4) is 5.88 Å². The number of nitrogens with zero attached hydrogens (tertiary/aromatic N) is 4. The Morgan fingerprint density at radius 2 is 2.11 bits per heavy atom. The summed E-state index contributed by atoms with van der Waals surface area (Å²) < 4.78 is 5.53. The molecule has 1 fully saturated rings. The van der Waals surface area contributed by atoms with Crippen LogP contribution in [0.2, 0.25) is 0 Å². The van der Waals surface area contributed by atoms with E-state index in [1.54, 1.807) is 34.3 Å². The minimum atomic E-state index is -0.203. The fraction of sp³-hybridized carbons (Fsp3) is 0.500. The number of aromatic nitrogens is 3. The van der Waals surface area contributed by atoms with Crippen LogP contribution in [0, 0.1) is 0 Å². The number of hydrogen-bond donors (Lipinski definition) is 1. The van der Waals surface area contributed by atoms with Crippen molar-refractivity contribution in [3.05, 3.63) is 41.9 Å². The minimum Gasteiger partial charge on any atom is -0.468 e. The first-order valence-electron chi connectivity index (χ1n) is 9.81. The van der Waals surface area contributed by atoms with Crippen LogP contribution in [0.4, 0.5) is 0 Å². The van der Waals surface area contributed by atoms with E-state index < -0.39 is 0 Å². The van der Waals surface area contributed by atoms with E-state index in [1.807, 2.05) is 19.9 Å². The molecule has 0 bridgehead atoms. The molecule has 3 heterocycles. The summed E-state index contributed by atoms with van der Waals surface area (Å²) in [6, 6.07) is 5.12. The first-order valence-corrected chi connectivity index (χ1v) is 9.81. The number of likely N-dealkylation sites (tertiary alicyclic amines) is 1. The van der Waals surface area contributed by atoms with E-state index in [9.17, 15) is 9.59 Å². The van der Waals surface area contributed by atoms with E-state index in [-0.39, 0.29) is 24.5 Å². The van der Waals surface area contributed by atoms with Crippen molar-refractivity contribution >= 4 is 11.8 Å². The first kappa shape index (κ1) is 19.9. The Labute approximate surface area is 164 Å². The summed E-state index contributed by atoms with van der Waals surface area (Å²) in [6.07, 6.45) is 5.90. The van der Waals surface area contributed by atoms with Gasteiger partial charge in [0.25, 0.3) is 11.8 Å². The van der Waals surface area contributed by atoms with Gasteiger partial charge in [0.15, 0.2) is 6.61 Å². The van der Waals surface area contributed by atoms with E-state index in [1.165, 1.54) is 0 Å². The number of hydrogen-bond acceptors (Lipinski definition) is 5. The van der Waals surface area contributed by atoms with Crippen LogP contribution >= 0.6 is 0 Å². The van der Waals surface area contributed by atoms with Gasteiger partial charge < -0.3 is 14.5 Å². The van der Waals surface area contributed by atoms with Crippen molar-refractivity contribution in [2.45, 2.75) is 39.2 Å². The molecule has 1 N–H and O–H groups in total. The second kappa shape index (κ2) is 9.34. The van der Waals surface area contributed by atoms with Crippen LogP contribution in [-0.2, 0) is 4.79 Å². The van der Waals surface area contributed by atoms with Crippen LogP contribution in [0.5, 0.6) is 5.88 Å². The fourth-order valence-electron chi connectivity index (χ4n) is 3.58. The van der Waals surface area contributed by atoms with Crippen LogP contribution < -0.4 is 4.74 Å². The summed E-state index contributed by atoms with van der Waals surface area (Å²) in [5, 5.41) is 7.08. The van der Waals surface area contributed by atoms with Gasteiger partial charge in [-0.3, -0.25) is 14.7 Å². The third kappa shape index (κ3) is 4.32. The molecule has 3 rings (SSSR count). The van der Waals surface area contributed by atoms with Gasteiger partial charge in [-0.25, -0.2) is 4.98 Å². The van der Waals surface area contributed by atoms with E-state index in [0.29, 0.717) is 36.8 Å². The topological polar surface area (TPSA) is 91.4 Å². The zero-order valence-electron chi connectivity index (χ0n) is 16.4. The maximum atomic E-state index is 12.8. The largest absolute Gasteiger partial charge is 0.468 e. The number of carbonyl (C=O) groups excluding carboxylic acids is 2. The molecule has 0 aliphatic carbocycles. The Hall–Kier alpha value is -2.90. The molecule has 1 aliphatic rings. The van der Waals surface area contributed by atoms with Crippen LogP contribution in [0.15, 0.2) is 30.6 Å². The highest BCUT2D eigenvalue weighted by Crippen LogP contribution is 2.32. The number of pyridine rings is 1. The highest BCUT2D eigenvalue weighted by atomic mass is 16.5. The molecule has 0 aromatic carbocycles. The lowest BCUT2D eigenvalue weighted by molar-refractivity contribution is -0.137. The lowest BCUT2D eigenvalue weighted by Gasteiger charge is -2.35. The van der Waals surface area contributed by atoms with Crippen molar-refractivity contribution in [1.29, 1.82) is 0 Å². The molecule has 1 saturated heterocycles. The molecular formula is C20H27N5O3. The lowest BCUT2D eigenvalue weighted by atomic mass is 9.96. The number of H-pyrrole nitrogens is 1. The maximum Gasteiger partial charge on any atom is 0.261 e. The van der Waals surface area contributed by atoms with Gasteiger partial charge >= 0.3 is 0 Å². The monoisotopic (exact) mass is 385 g/mol. The second-order valence-corrected chi connectivity index (χ2v) is 6.73. The summed E-state index contributed by atoms with van der Waals surface area (Å²) in [6.45, 7) is 5.71. The van der Waals surface area contributed by atoms with Crippen molar-refractivity contribution < 1.29 is 14.3 Å². The Bertz CT molecular complexity index is 788. The third-order valence-electron chi connectivity index (χ3n) is 5.09. The predicted octanol–water partition coefficient (Wildman–Crippen LogP) is 2.42. The predicted molar refractivity (Wildman–Crippen MR) is 104 cm³/mol. The highest BCUT2D eigenvalue weighted by Gasteiger charge is 2.33. The normalized spacial score (nSPS) is 16.6. The van der Waals surface area contributed by atoms with Gasteiger partial charge in [0, 0.05) is 31.9 Å². The summed E-state index contributed by atoms with van der Waals surface area (Å²) in [5.41, 5.74) is 1.25. The highest BCUT2D eigenvalue weighted by molar-refractivity contribution is 5.95. The summed E-state index contributed by atoms with van der Waals surface area (Å²) in [5.74, 6) is 0.242. The van der Waals surface area contributed by atoms with Crippen LogP contribution in [-0.4, -0.2) is 63.0 Å². The Morgan fingerprint density at radius 3 is 2.82 bits per heavy atom. The van der Waals surface area contributed by atoms with E-state index >= 15 is 0 Å². The number of amides is 2. The molecule has 2 aromatic heterocycles. The molecule has 28 heavy (non-hydrogen) atoms. The van der Waals surface area contributed by atoms with E-state index in [4.69, 9.17) is 4.74 Å². The summed E-state index contributed by atoms with van der Waals surface area (Å²) >= 11 is 0. The Balaban J connectivity index is 1.76. The average Bonchev–Trinajstić information content (AvgIpc) is 3.23. The zero-order chi connectivity index (χ0) is 19.9. The van der Waals surface area contributed by atoms with E-state index in [2.05, 4.69) is 15.2 Å². The quantitative estimate of drug-likeness (QED) is 0.790. The smallest absolute Gasteiger partial charge is 0.261 e. The van der Waals surface area contributed by atoms with Gasteiger partial charge in [-0.15, -0.1) is 0 Å². The number of carbonyl (C=O) groups is 2. The van der Waals surface area contributed by atoms with Crippen LogP contribution in [0.3, 0.4) is 0 Å². The Morgan fingerprint density at radius 1 is 1.29 bits per heavy atom. The Kier molecular flexibility index (Phi) is 6.62. The first-order chi connectivity index (χ1) is 13.7. The molecule has 8 heteroatoms. The molecule has 1 atom stereocenters. The number of aromatic amines is 1. The molecule has 0 saturated carbocycles. The maximum absolute atomic E-state index is 12.8. The van der Waals surface area contributed by atoms with Crippen molar-refractivity contribution in [2.24, 2.45) is 0 Å². The molecule has 2 aromatic rings. The minimum absolute atomic E-state index is 0.0588. The van der Waals surface area contributed by atoms with Gasteiger partial charge in [-0.05, 0) is 39.2 Å². The lowest BCUT2D eigenvalue weighted by Crippen LogP contribution is -2.42. The van der Waals surface area contributed by atoms with Gasteiger partial charge in [0.1, 0.15) is 0 Å². The molecule has 150 valence electrons. The molecule has 1 aliphatic heterocycles. The average molecular weight is 385 g/mol. The van der Waals surface area contributed by atoms with Gasteiger partial charge in [-0.2, -0.15) is 5.10 Å². The molecular weight excluding hydrogens is 358 g/mol. The number of rotatable bonds is 7. The van der Waals surface area contributed by atoms with Crippen molar-refractivity contribution in [2.75, 3.05) is 26.2 Å². The molecule has 0 unspecified atom stereocenters. The zero-order valence-corrected chi connectivity index (χ0v) is 16.4. The van der Waals surface area contributed by atoms with Crippen molar-refractivity contribution in [1.82, 2.24) is 25.0 Å². The third-order valence-corrected chi connectivity index (χ3v) is 5.09. The fourth-order valence-corrected chi connectivity index (χ4v) is 3.58. The van der Waals surface area contributed by atoms with Gasteiger partial charge in [-0.1, -0.05) is 6.07 Å². The molecule has 0 radical (unpaired) electrons.